The van der Waals surface area contributed by atoms with Gasteiger partial charge < -0.3 is 11.1 Å². The highest BCUT2D eigenvalue weighted by molar-refractivity contribution is 5.86. The molecule has 1 fully saturated rings. The lowest BCUT2D eigenvalue weighted by Crippen LogP contribution is -2.43. The largest absolute Gasteiger partial charge is 0.522 e. The summed E-state index contributed by atoms with van der Waals surface area (Å²) in [5.41, 5.74) is 5.46. The van der Waals surface area contributed by atoms with Crippen LogP contribution in [0.5, 0.6) is 0 Å². The van der Waals surface area contributed by atoms with E-state index in [1.54, 1.807) is 0 Å². The minimum atomic E-state index is -4.85. The van der Waals surface area contributed by atoms with Crippen molar-refractivity contribution in [2.24, 2.45) is 11.7 Å². The van der Waals surface area contributed by atoms with Crippen molar-refractivity contribution in [1.29, 1.82) is 0 Å². The first-order chi connectivity index (χ1) is 8.29. The number of carbonyl (C=O) groups excluding carboxylic acids is 2. The molecule has 1 saturated heterocycles. The molecule has 0 aromatic carbocycles. The molecule has 1 aliphatic heterocycles. The predicted molar refractivity (Wildman–Crippen MR) is 62.6 cm³/mol. The Bertz CT molecular complexity index is 326. The third-order valence-electron chi connectivity index (χ3n) is 2.73. The first-order valence-corrected chi connectivity index (χ1v) is 5.56. The number of alkyl halides is 3. The van der Waals surface area contributed by atoms with Gasteiger partial charge in [0.2, 0.25) is 5.91 Å². The summed E-state index contributed by atoms with van der Waals surface area (Å²) in [4.78, 5) is 22.7. The first-order valence-electron chi connectivity index (χ1n) is 5.56. The molecule has 0 unspecified atom stereocenters. The van der Waals surface area contributed by atoms with Gasteiger partial charge in [-0.05, 0) is 19.3 Å². The molecule has 0 aromatic rings. The maximum Gasteiger partial charge on any atom is 0.522 e. The smallest absolute Gasteiger partial charge is 0.356 e. The fourth-order valence-electron chi connectivity index (χ4n) is 1.76. The van der Waals surface area contributed by atoms with Gasteiger partial charge in [-0.15, -0.1) is 25.6 Å². The van der Waals surface area contributed by atoms with Crippen LogP contribution in [0.2, 0.25) is 0 Å². The van der Waals surface area contributed by atoms with Crippen LogP contribution < -0.4 is 11.1 Å². The highest BCUT2D eigenvalue weighted by Gasteiger charge is 2.32. The average molecular weight is 305 g/mol. The van der Waals surface area contributed by atoms with E-state index in [2.05, 4.69) is 10.1 Å². The number of piperidine rings is 1. The molecule has 0 spiro atoms. The SMILES string of the molecule is Cl.N[C@@H](C[C@@H]1CCCNC1=O)C(=O)COC(F)(F)F. The van der Waals surface area contributed by atoms with Crippen LogP contribution in [0.4, 0.5) is 13.2 Å². The third-order valence-corrected chi connectivity index (χ3v) is 2.73. The third kappa shape index (κ3) is 6.74. The number of carbonyl (C=O) groups is 2. The Morgan fingerprint density at radius 3 is 2.68 bits per heavy atom. The summed E-state index contributed by atoms with van der Waals surface area (Å²) < 4.78 is 38.6. The number of Topliss-reactive ketones (excluding diaryl/α,β-unsaturated/α-hetero) is 1. The lowest BCUT2D eigenvalue weighted by molar-refractivity contribution is -0.320. The molecule has 112 valence electrons. The summed E-state index contributed by atoms with van der Waals surface area (Å²) >= 11 is 0. The van der Waals surface area contributed by atoms with Gasteiger partial charge in [0.1, 0.15) is 6.61 Å². The van der Waals surface area contributed by atoms with Gasteiger partial charge in [0.25, 0.3) is 0 Å². The molecule has 3 N–H and O–H groups in total. The summed E-state index contributed by atoms with van der Waals surface area (Å²) in [5.74, 6) is -1.48. The zero-order valence-electron chi connectivity index (χ0n) is 10.0. The quantitative estimate of drug-likeness (QED) is 0.785. The number of amides is 1. The van der Waals surface area contributed by atoms with Crippen molar-refractivity contribution in [2.45, 2.75) is 31.7 Å². The second-order valence-electron chi connectivity index (χ2n) is 4.17. The van der Waals surface area contributed by atoms with Crippen LogP contribution in [0.15, 0.2) is 0 Å². The Hall–Kier alpha value is -0.860. The molecule has 1 heterocycles. The van der Waals surface area contributed by atoms with Gasteiger partial charge in [0.15, 0.2) is 5.78 Å². The molecule has 0 saturated carbocycles. The Balaban J connectivity index is 0.00000324. The van der Waals surface area contributed by atoms with Crippen LogP contribution >= 0.6 is 12.4 Å². The summed E-state index contributed by atoms with van der Waals surface area (Å²) in [6.07, 6.45) is -3.44. The zero-order valence-corrected chi connectivity index (χ0v) is 10.9. The van der Waals surface area contributed by atoms with Crippen LogP contribution in [0.3, 0.4) is 0 Å². The molecule has 1 aliphatic rings. The number of ketones is 1. The van der Waals surface area contributed by atoms with Crippen LogP contribution in [0.25, 0.3) is 0 Å². The van der Waals surface area contributed by atoms with Gasteiger partial charge in [-0.1, -0.05) is 0 Å². The number of halogens is 4. The van der Waals surface area contributed by atoms with Gasteiger partial charge in [0, 0.05) is 12.5 Å². The van der Waals surface area contributed by atoms with Crippen molar-refractivity contribution in [3.63, 3.8) is 0 Å². The van der Waals surface area contributed by atoms with E-state index in [-0.39, 0.29) is 24.7 Å². The van der Waals surface area contributed by atoms with E-state index in [1.807, 2.05) is 0 Å². The second-order valence-corrected chi connectivity index (χ2v) is 4.17. The van der Waals surface area contributed by atoms with Crippen molar-refractivity contribution in [3.8, 4) is 0 Å². The summed E-state index contributed by atoms with van der Waals surface area (Å²) in [7, 11) is 0. The maximum absolute atomic E-state index is 11.7. The van der Waals surface area contributed by atoms with E-state index in [1.165, 1.54) is 0 Å². The average Bonchev–Trinajstić information content (AvgIpc) is 2.28. The van der Waals surface area contributed by atoms with Gasteiger partial charge in [-0.3, -0.25) is 14.3 Å². The molecule has 19 heavy (non-hydrogen) atoms. The predicted octanol–water partition coefficient (Wildman–Crippen LogP) is 0.757. The molecular weight excluding hydrogens is 289 g/mol. The lowest BCUT2D eigenvalue weighted by atomic mass is 9.90. The van der Waals surface area contributed by atoms with Gasteiger partial charge >= 0.3 is 6.36 Å². The number of ether oxygens (including phenoxy) is 1. The molecule has 0 bridgehead atoms. The highest BCUT2D eigenvalue weighted by atomic mass is 35.5. The van der Waals surface area contributed by atoms with E-state index >= 15 is 0 Å². The van der Waals surface area contributed by atoms with Crippen LogP contribution in [0, 0.1) is 5.92 Å². The first kappa shape index (κ1) is 18.1. The van der Waals surface area contributed by atoms with Crippen molar-refractivity contribution in [1.82, 2.24) is 5.32 Å². The Labute approximate surface area is 114 Å². The maximum atomic E-state index is 11.7. The fourth-order valence-corrected chi connectivity index (χ4v) is 1.76. The monoisotopic (exact) mass is 304 g/mol. The number of nitrogens with one attached hydrogen (secondary N) is 1. The minimum Gasteiger partial charge on any atom is -0.356 e. The number of rotatable bonds is 5. The molecule has 2 atom stereocenters. The number of hydrogen-bond donors (Lipinski definition) is 2. The Kier molecular flexibility index (Phi) is 7.32. The van der Waals surface area contributed by atoms with E-state index < -0.39 is 30.7 Å². The second kappa shape index (κ2) is 7.66. The van der Waals surface area contributed by atoms with Crippen LogP contribution in [-0.4, -0.2) is 37.2 Å². The molecule has 0 aromatic heterocycles. The van der Waals surface area contributed by atoms with E-state index in [0.29, 0.717) is 13.0 Å². The number of nitrogens with two attached hydrogens (primary N) is 1. The molecule has 1 amide bonds. The topological polar surface area (TPSA) is 81.4 Å². The fraction of sp³-hybridized carbons (Fsp3) is 0.800. The standard InChI is InChI=1S/C10H15F3N2O3.ClH/c11-10(12,13)18-5-8(16)7(14)4-6-2-1-3-15-9(6)17;/h6-7H,1-5,14H2,(H,15,17);1H/t6-,7-;/m0./s1. The lowest BCUT2D eigenvalue weighted by Gasteiger charge is -2.23. The summed E-state index contributed by atoms with van der Waals surface area (Å²) in [6, 6.07) is -1.11. The minimum absolute atomic E-state index is 0. The van der Waals surface area contributed by atoms with Crippen molar-refractivity contribution in [2.75, 3.05) is 13.2 Å². The van der Waals surface area contributed by atoms with Crippen LogP contribution in [-0.2, 0) is 14.3 Å². The number of hydrogen-bond acceptors (Lipinski definition) is 4. The van der Waals surface area contributed by atoms with Gasteiger partial charge in [-0.2, -0.15) is 0 Å². The summed E-state index contributed by atoms with van der Waals surface area (Å²) in [5, 5.41) is 2.62. The molecule has 9 heteroatoms. The van der Waals surface area contributed by atoms with E-state index in [4.69, 9.17) is 5.73 Å². The molecule has 5 nitrogen and oxygen atoms in total. The van der Waals surface area contributed by atoms with Crippen molar-refractivity contribution in [3.05, 3.63) is 0 Å². The molecule has 0 aliphatic carbocycles. The summed E-state index contributed by atoms with van der Waals surface area (Å²) in [6.45, 7) is -0.533. The Morgan fingerprint density at radius 1 is 1.53 bits per heavy atom. The van der Waals surface area contributed by atoms with Gasteiger partial charge in [-0.25, -0.2) is 0 Å². The molecular formula is C10H16ClF3N2O3. The normalized spacial score (nSPS) is 21.3. The molecule has 0 radical (unpaired) electrons. The van der Waals surface area contributed by atoms with Crippen molar-refractivity contribution < 1.29 is 27.5 Å². The van der Waals surface area contributed by atoms with E-state index in [9.17, 15) is 22.8 Å². The van der Waals surface area contributed by atoms with Crippen molar-refractivity contribution >= 4 is 24.1 Å². The zero-order chi connectivity index (χ0) is 13.8. The van der Waals surface area contributed by atoms with Gasteiger partial charge in [0.05, 0.1) is 6.04 Å². The van der Waals surface area contributed by atoms with Crippen LogP contribution in [0.1, 0.15) is 19.3 Å². The molecule has 1 rings (SSSR count). The highest BCUT2D eigenvalue weighted by Crippen LogP contribution is 2.19. The van der Waals surface area contributed by atoms with E-state index in [0.717, 1.165) is 6.42 Å². The Morgan fingerprint density at radius 2 is 2.16 bits per heavy atom.